The molecule has 1 atom stereocenters. The molecule has 0 aromatic heterocycles. The minimum absolute atomic E-state index is 0.0310. The summed E-state index contributed by atoms with van der Waals surface area (Å²) in [6.07, 6.45) is -0.408. The third-order valence-electron chi connectivity index (χ3n) is 3.00. The van der Waals surface area contributed by atoms with Crippen LogP contribution < -0.4 is 4.74 Å². The molecule has 1 aliphatic rings. The Balaban J connectivity index is 2.17. The van der Waals surface area contributed by atoms with Crippen LogP contribution in [-0.2, 0) is 4.74 Å². The fourth-order valence-electron chi connectivity index (χ4n) is 1.94. The summed E-state index contributed by atoms with van der Waals surface area (Å²) >= 11 is 5.93. The molecule has 0 saturated carbocycles. The molecular formula is C13H16ClNO3. The molecule has 0 aliphatic carbocycles. The first kappa shape index (κ1) is 13.3. The van der Waals surface area contributed by atoms with E-state index in [1.165, 1.54) is 7.11 Å². The van der Waals surface area contributed by atoms with Gasteiger partial charge in [-0.25, -0.2) is 0 Å². The lowest BCUT2D eigenvalue weighted by molar-refractivity contribution is -0.00863. The number of carbonyl (C=O) groups excluding carboxylic acids is 1. The van der Waals surface area contributed by atoms with E-state index >= 15 is 0 Å². The molecule has 1 aromatic carbocycles. The normalized spacial score (nSPS) is 20.7. The maximum absolute atomic E-state index is 12.3. The number of hydrogen-bond acceptors (Lipinski definition) is 4. The van der Waals surface area contributed by atoms with Gasteiger partial charge in [-0.2, -0.15) is 0 Å². The second-order valence-corrected chi connectivity index (χ2v) is 4.74. The lowest BCUT2D eigenvalue weighted by Gasteiger charge is -2.29. The van der Waals surface area contributed by atoms with E-state index in [0.717, 1.165) is 6.54 Å². The smallest absolute Gasteiger partial charge is 0.193 e. The average molecular weight is 270 g/mol. The minimum atomic E-state index is -0.408. The molecule has 1 heterocycles. The zero-order valence-electron chi connectivity index (χ0n) is 10.5. The molecular weight excluding hydrogens is 254 g/mol. The zero-order valence-corrected chi connectivity index (χ0v) is 11.2. The predicted octanol–water partition coefficient (Wildman–Crippen LogP) is 1.86. The molecule has 98 valence electrons. The number of hydrogen-bond donors (Lipinski definition) is 0. The zero-order chi connectivity index (χ0) is 13.1. The van der Waals surface area contributed by atoms with Crippen molar-refractivity contribution in [3.63, 3.8) is 0 Å². The third-order valence-corrected chi connectivity index (χ3v) is 3.31. The van der Waals surface area contributed by atoms with Crippen molar-refractivity contribution < 1.29 is 14.3 Å². The van der Waals surface area contributed by atoms with Gasteiger partial charge in [0, 0.05) is 18.7 Å². The van der Waals surface area contributed by atoms with E-state index in [0.29, 0.717) is 29.5 Å². The highest BCUT2D eigenvalue weighted by atomic mass is 35.5. The standard InChI is InChI=1S/C13H16ClNO3/c1-15-5-6-18-12(8-15)13(16)9-3-4-10(14)11(7-9)17-2/h3-4,7,12H,5-6,8H2,1-2H3. The molecule has 18 heavy (non-hydrogen) atoms. The molecule has 1 saturated heterocycles. The third kappa shape index (κ3) is 2.83. The fourth-order valence-corrected chi connectivity index (χ4v) is 2.13. The van der Waals surface area contributed by atoms with Crippen molar-refractivity contribution in [2.24, 2.45) is 0 Å². The van der Waals surface area contributed by atoms with E-state index in [9.17, 15) is 4.79 Å². The minimum Gasteiger partial charge on any atom is -0.495 e. The van der Waals surface area contributed by atoms with Gasteiger partial charge >= 0.3 is 0 Å². The molecule has 1 aromatic rings. The van der Waals surface area contributed by atoms with E-state index in [-0.39, 0.29) is 5.78 Å². The van der Waals surface area contributed by atoms with Gasteiger partial charge in [0.05, 0.1) is 18.7 Å². The van der Waals surface area contributed by atoms with Crippen LogP contribution >= 0.6 is 11.6 Å². The van der Waals surface area contributed by atoms with E-state index < -0.39 is 6.10 Å². The summed E-state index contributed by atoms with van der Waals surface area (Å²) in [5.74, 6) is 0.475. The van der Waals surface area contributed by atoms with Crippen LogP contribution in [0.1, 0.15) is 10.4 Å². The summed E-state index contributed by atoms with van der Waals surface area (Å²) in [5, 5.41) is 0.496. The van der Waals surface area contributed by atoms with Gasteiger partial charge in [0.2, 0.25) is 0 Å². The van der Waals surface area contributed by atoms with Gasteiger partial charge in [0.1, 0.15) is 11.9 Å². The van der Waals surface area contributed by atoms with Crippen LogP contribution in [0.5, 0.6) is 5.75 Å². The molecule has 2 rings (SSSR count). The molecule has 0 amide bonds. The fraction of sp³-hybridized carbons (Fsp3) is 0.462. The lowest BCUT2D eigenvalue weighted by Crippen LogP contribution is -2.44. The first-order valence-electron chi connectivity index (χ1n) is 5.79. The first-order valence-corrected chi connectivity index (χ1v) is 6.17. The number of ketones is 1. The number of nitrogens with zero attached hydrogens (tertiary/aromatic N) is 1. The summed E-state index contributed by atoms with van der Waals surface area (Å²) in [5.41, 5.74) is 0.566. The van der Waals surface area contributed by atoms with Crippen molar-refractivity contribution in [3.05, 3.63) is 28.8 Å². The average Bonchev–Trinajstić information content (AvgIpc) is 2.38. The first-order chi connectivity index (χ1) is 8.61. The number of likely N-dealkylation sites (N-methyl/N-ethyl adjacent to an activating group) is 1. The Labute approximate surface area is 111 Å². The number of benzene rings is 1. The summed E-state index contributed by atoms with van der Waals surface area (Å²) in [4.78, 5) is 14.4. The number of carbonyl (C=O) groups is 1. The van der Waals surface area contributed by atoms with Crippen molar-refractivity contribution in [1.82, 2.24) is 4.90 Å². The van der Waals surface area contributed by atoms with Gasteiger partial charge in [-0.05, 0) is 25.2 Å². The van der Waals surface area contributed by atoms with Gasteiger partial charge in [-0.15, -0.1) is 0 Å². The summed E-state index contributed by atoms with van der Waals surface area (Å²) in [6, 6.07) is 5.02. The maximum atomic E-state index is 12.3. The van der Waals surface area contributed by atoms with Crippen molar-refractivity contribution in [3.8, 4) is 5.75 Å². The Kier molecular flexibility index (Phi) is 4.22. The lowest BCUT2D eigenvalue weighted by atomic mass is 10.0. The van der Waals surface area contributed by atoms with Crippen LogP contribution in [0.15, 0.2) is 18.2 Å². The Morgan fingerprint density at radius 1 is 1.56 bits per heavy atom. The van der Waals surface area contributed by atoms with Crippen LogP contribution in [0.25, 0.3) is 0 Å². The molecule has 0 spiro atoms. The predicted molar refractivity (Wildman–Crippen MR) is 69.6 cm³/mol. The highest BCUT2D eigenvalue weighted by molar-refractivity contribution is 6.32. The van der Waals surface area contributed by atoms with E-state index in [2.05, 4.69) is 4.90 Å². The number of ether oxygens (including phenoxy) is 2. The highest BCUT2D eigenvalue weighted by Gasteiger charge is 2.26. The molecule has 1 unspecified atom stereocenters. The van der Waals surface area contributed by atoms with Crippen molar-refractivity contribution in [2.75, 3.05) is 33.9 Å². The number of Topliss-reactive ketones (excluding diaryl/α,β-unsaturated/α-hetero) is 1. The van der Waals surface area contributed by atoms with Gasteiger partial charge in [0.15, 0.2) is 5.78 Å². The molecule has 5 heteroatoms. The second-order valence-electron chi connectivity index (χ2n) is 4.34. The van der Waals surface area contributed by atoms with Gasteiger partial charge in [-0.3, -0.25) is 4.79 Å². The highest BCUT2D eigenvalue weighted by Crippen LogP contribution is 2.26. The van der Waals surface area contributed by atoms with E-state index in [1.807, 2.05) is 7.05 Å². The van der Waals surface area contributed by atoms with Crippen LogP contribution in [0.4, 0.5) is 0 Å². The van der Waals surface area contributed by atoms with Gasteiger partial charge in [-0.1, -0.05) is 11.6 Å². The Morgan fingerprint density at radius 3 is 3.00 bits per heavy atom. The molecule has 0 bridgehead atoms. The molecule has 1 aliphatic heterocycles. The Bertz CT molecular complexity index is 450. The van der Waals surface area contributed by atoms with Crippen LogP contribution in [0, 0.1) is 0 Å². The van der Waals surface area contributed by atoms with Crippen molar-refractivity contribution >= 4 is 17.4 Å². The largest absolute Gasteiger partial charge is 0.495 e. The maximum Gasteiger partial charge on any atom is 0.193 e. The van der Waals surface area contributed by atoms with Crippen LogP contribution in [-0.4, -0.2) is 50.6 Å². The SMILES string of the molecule is COc1cc(C(=O)C2CN(C)CCO2)ccc1Cl. The molecule has 4 nitrogen and oxygen atoms in total. The summed E-state index contributed by atoms with van der Waals surface area (Å²) in [6.45, 7) is 2.05. The number of methoxy groups -OCH3 is 1. The second kappa shape index (κ2) is 5.69. The molecule has 0 N–H and O–H groups in total. The van der Waals surface area contributed by atoms with Crippen LogP contribution in [0.3, 0.4) is 0 Å². The monoisotopic (exact) mass is 269 g/mol. The quantitative estimate of drug-likeness (QED) is 0.785. The topological polar surface area (TPSA) is 38.8 Å². The summed E-state index contributed by atoms with van der Waals surface area (Å²) < 4.78 is 10.6. The number of rotatable bonds is 3. The van der Waals surface area contributed by atoms with Crippen LogP contribution in [0.2, 0.25) is 5.02 Å². The van der Waals surface area contributed by atoms with Crippen molar-refractivity contribution in [2.45, 2.75) is 6.10 Å². The Morgan fingerprint density at radius 2 is 2.33 bits per heavy atom. The van der Waals surface area contributed by atoms with Gasteiger partial charge < -0.3 is 14.4 Å². The molecule has 1 fully saturated rings. The van der Waals surface area contributed by atoms with E-state index in [4.69, 9.17) is 21.1 Å². The van der Waals surface area contributed by atoms with Gasteiger partial charge in [0.25, 0.3) is 0 Å². The summed E-state index contributed by atoms with van der Waals surface area (Å²) in [7, 11) is 3.51. The molecule has 0 radical (unpaired) electrons. The Hall–Kier alpha value is -1.10. The number of morpholine rings is 1. The van der Waals surface area contributed by atoms with Crippen molar-refractivity contribution in [1.29, 1.82) is 0 Å². The number of halogens is 1. The van der Waals surface area contributed by atoms with E-state index in [1.54, 1.807) is 18.2 Å².